The van der Waals surface area contributed by atoms with E-state index in [0.29, 0.717) is 17.2 Å². The van der Waals surface area contributed by atoms with E-state index in [4.69, 9.17) is 4.74 Å². The van der Waals surface area contributed by atoms with Crippen LogP contribution < -0.4 is 4.74 Å². The molecule has 0 fully saturated rings. The van der Waals surface area contributed by atoms with Crippen LogP contribution in [0.3, 0.4) is 0 Å². The second-order valence-corrected chi connectivity index (χ2v) is 5.03. The molecular weight excluding hydrogens is 316 g/mol. The fourth-order valence-corrected chi connectivity index (χ4v) is 2.25. The first-order valence-corrected chi connectivity index (χ1v) is 6.79. The number of ether oxygens (including phenoxy) is 1. The summed E-state index contributed by atoms with van der Waals surface area (Å²) in [5, 5.41) is 10.2. The average Bonchev–Trinajstić information content (AvgIpc) is 2.49. The molecule has 0 aliphatic carbocycles. The zero-order valence-corrected chi connectivity index (χ0v) is 12.0. The van der Waals surface area contributed by atoms with Crippen LogP contribution in [-0.4, -0.2) is 4.98 Å². The first-order chi connectivity index (χ1) is 9.78. The number of rotatable bonds is 2. The summed E-state index contributed by atoms with van der Waals surface area (Å²) in [6, 6.07) is 19.0. The minimum atomic E-state index is 0.318. The highest BCUT2D eigenvalue weighted by Gasteiger charge is 2.10. The number of nitriles is 1. The molecule has 0 amide bonds. The third kappa shape index (κ3) is 2.36. The molecule has 1 aromatic heterocycles. The summed E-state index contributed by atoms with van der Waals surface area (Å²) < 4.78 is 6.58. The van der Waals surface area contributed by atoms with Crippen LogP contribution in [0.1, 0.15) is 5.56 Å². The van der Waals surface area contributed by atoms with Crippen molar-refractivity contribution in [1.29, 1.82) is 5.26 Å². The van der Waals surface area contributed by atoms with Crippen molar-refractivity contribution >= 4 is 26.8 Å². The Kier molecular flexibility index (Phi) is 3.36. The lowest BCUT2D eigenvalue weighted by molar-refractivity contribution is 0.460. The maximum Gasteiger partial charge on any atom is 0.237 e. The van der Waals surface area contributed by atoms with Crippen LogP contribution in [0, 0.1) is 11.3 Å². The minimum Gasteiger partial charge on any atom is -0.436 e. The van der Waals surface area contributed by atoms with Gasteiger partial charge in [-0.1, -0.05) is 30.3 Å². The highest BCUT2D eigenvalue weighted by Crippen LogP contribution is 2.31. The SMILES string of the molecule is N#Cc1cc2ccccc2nc1Oc1ccccc1Br. The molecule has 0 saturated heterocycles. The van der Waals surface area contributed by atoms with E-state index in [1.807, 2.05) is 48.5 Å². The molecule has 20 heavy (non-hydrogen) atoms. The zero-order valence-electron chi connectivity index (χ0n) is 10.4. The van der Waals surface area contributed by atoms with Gasteiger partial charge in [0.25, 0.3) is 0 Å². The highest BCUT2D eigenvalue weighted by molar-refractivity contribution is 9.10. The second-order valence-electron chi connectivity index (χ2n) is 4.18. The Hall–Kier alpha value is -2.38. The van der Waals surface area contributed by atoms with Gasteiger partial charge >= 0.3 is 0 Å². The van der Waals surface area contributed by atoms with E-state index < -0.39 is 0 Å². The standard InChI is InChI=1S/C16H9BrN2O/c17-13-6-2-4-8-15(13)20-16-12(10-18)9-11-5-1-3-7-14(11)19-16/h1-9H. The number of benzene rings is 2. The van der Waals surface area contributed by atoms with E-state index in [9.17, 15) is 5.26 Å². The van der Waals surface area contributed by atoms with E-state index in [1.165, 1.54) is 0 Å². The van der Waals surface area contributed by atoms with Crippen molar-refractivity contribution in [2.24, 2.45) is 0 Å². The Morgan fingerprint density at radius 1 is 1.05 bits per heavy atom. The molecule has 0 unspecified atom stereocenters. The summed E-state index contributed by atoms with van der Waals surface area (Å²) in [6.07, 6.45) is 0. The monoisotopic (exact) mass is 324 g/mol. The largest absolute Gasteiger partial charge is 0.436 e. The lowest BCUT2D eigenvalue weighted by Gasteiger charge is -2.09. The van der Waals surface area contributed by atoms with Gasteiger partial charge in [-0.3, -0.25) is 0 Å². The number of aromatic nitrogens is 1. The molecule has 3 aromatic rings. The van der Waals surface area contributed by atoms with Crippen molar-refractivity contribution in [3.63, 3.8) is 0 Å². The predicted molar refractivity (Wildman–Crippen MR) is 80.7 cm³/mol. The summed E-state index contributed by atoms with van der Waals surface area (Å²) in [7, 11) is 0. The van der Waals surface area contributed by atoms with Crippen molar-refractivity contribution in [3.05, 3.63) is 64.6 Å². The van der Waals surface area contributed by atoms with Gasteiger partial charge in [-0.2, -0.15) is 5.26 Å². The Balaban J connectivity index is 2.11. The molecular formula is C16H9BrN2O. The molecule has 0 spiro atoms. The Bertz CT molecular complexity index is 824. The predicted octanol–water partition coefficient (Wildman–Crippen LogP) is 4.66. The third-order valence-corrected chi connectivity index (χ3v) is 3.51. The van der Waals surface area contributed by atoms with E-state index >= 15 is 0 Å². The van der Waals surface area contributed by atoms with Gasteiger partial charge in [0, 0.05) is 5.39 Å². The number of nitrogens with zero attached hydrogens (tertiary/aromatic N) is 2. The summed E-state index contributed by atoms with van der Waals surface area (Å²) in [5.41, 5.74) is 1.22. The van der Waals surface area contributed by atoms with E-state index in [2.05, 4.69) is 27.0 Å². The van der Waals surface area contributed by atoms with E-state index in [-0.39, 0.29) is 0 Å². The summed E-state index contributed by atoms with van der Waals surface area (Å²) >= 11 is 3.41. The number of fused-ring (bicyclic) bond motifs is 1. The van der Waals surface area contributed by atoms with Crippen LogP contribution in [0.4, 0.5) is 0 Å². The lowest BCUT2D eigenvalue weighted by Crippen LogP contribution is -1.93. The highest BCUT2D eigenvalue weighted by atomic mass is 79.9. The molecule has 0 radical (unpaired) electrons. The Morgan fingerprint density at radius 3 is 2.60 bits per heavy atom. The van der Waals surface area contributed by atoms with Crippen molar-refractivity contribution in [2.45, 2.75) is 0 Å². The molecule has 96 valence electrons. The first-order valence-electron chi connectivity index (χ1n) is 6.00. The summed E-state index contributed by atoms with van der Waals surface area (Å²) in [5.74, 6) is 0.949. The maximum absolute atomic E-state index is 9.24. The van der Waals surface area contributed by atoms with Crippen molar-refractivity contribution in [2.75, 3.05) is 0 Å². The fraction of sp³-hybridized carbons (Fsp3) is 0. The van der Waals surface area contributed by atoms with Gasteiger partial charge in [-0.15, -0.1) is 0 Å². The third-order valence-electron chi connectivity index (χ3n) is 2.85. The van der Waals surface area contributed by atoms with Gasteiger partial charge in [0.2, 0.25) is 5.88 Å². The van der Waals surface area contributed by atoms with Crippen molar-refractivity contribution in [3.8, 4) is 17.7 Å². The number of hydrogen-bond acceptors (Lipinski definition) is 3. The Labute approximate surface area is 124 Å². The molecule has 0 bridgehead atoms. The molecule has 4 heteroatoms. The molecule has 0 aliphatic heterocycles. The van der Waals surface area contributed by atoms with Crippen LogP contribution in [0.25, 0.3) is 10.9 Å². The molecule has 0 atom stereocenters. The zero-order chi connectivity index (χ0) is 13.9. The minimum absolute atomic E-state index is 0.318. The van der Waals surface area contributed by atoms with Crippen LogP contribution in [0.15, 0.2) is 59.1 Å². The second kappa shape index (κ2) is 5.32. The number of para-hydroxylation sites is 2. The molecule has 0 N–H and O–H groups in total. The first kappa shape index (κ1) is 12.6. The maximum atomic E-state index is 9.24. The van der Waals surface area contributed by atoms with Crippen LogP contribution in [-0.2, 0) is 0 Å². The van der Waals surface area contributed by atoms with Gasteiger partial charge < -0.3 is 4.74 Å². The molecule has 2 aromatic carbocycles. The van der Waals surface area contributed by atoms with Gasteiger partial charge in [0.05, 0.1) is 9.99 Å². The number of pyridine rings is 1. The summed E-state index contributed by atoms with van der Waals surface area (Å²) in [6.45, 7) is 0. The number of halogens is 1. The van der Waals surface area contributed by atoms with E-state index in [0.717, 1.165) is 15.4 Å². The average molecular weight is 325 g/mol. The topological polar surface area (TPSA) is 45.9 Å². The Morgan fingerprint density at radius 2 is 1.80 bits per heavy atom. The molecule has 3 rings (SSSR count). The van der Waals surface area contributed by atoms with Crippen LogP contribution in [0.2, 0.25) is 0 Å². The smallest absolute Gasteiger partial charge is 0.237 e. The van der Waals surface area contributed by atoms with Gasteiger partial charge in [-0.25, -0.2) is 4.98 Å². The van der Waals surface area contributed by atoms with Crippen LogP contribution in [0.5, 0.6) is 11.6 Å². The van der Waals surface area contributed by atoms with Gasteiger partial charge in [0.1, 0.15) is 17.4 Å². The van der Waals surface area contributed by atoms with E-state index in [1.54, 1.807) is 6.07 Å². The fourth-order valence-electron chi connectivity index (χ4n) is 1.89. The molecule has 0 aliphatic rings. The van der Waals surface area contributed by atoms with Crippen LogP contribution >= 0.6 is 15.9 Å². The number of hydrogen-bond donors (Lipinski definition) is 0. The molecule has 1 heterocycles. The normalized spacial score (nSPS) is 10.2. The van der Waals surface area contributed by atoms with Crippen molar-refractivity contribution < 1.29 is 4.74 Å². The van der Waals surface area contributed by atoms with Gasteiger partial charge in [0.15, 0.2) is 0 Å². The quantitative estimate of drug-likeness (QED) is 0.688. The summed E-state index contributed by atoms with van der Waals surface area (Å²) in [4.78, 5) is 4.42. The lowest BCUT2D eigenvalue weighted by atomic mass is 10.1. The molecule has 0 saturated carbocycles. The van der Waals surface area contributed by atoms with Crippen molar-refractivity contribution in [1.82, 2.24) is 4.98 Å². The molecule has 3 nitrogen and oxygen atoms in total. The van der Waals surface area contributed by atoms with Gasteiger partial charge in [-0.05, 0) is 40.2 Å².